The monoisotopic (exact) mass is 207 g/mol. The van der Waals surface area contributed by atoms with Gasteiger partial charge in [0.05, 0.1) is 5.69 Å². The molecule has 0 N–H and O–H groups in total. The van der Waals surface area contributed by atoms with E-state index in [0.717, 1.165) is 23.4 Å². The number of aryl methyl sites for hydroxylation is 1. The van der Waals surface area contributed by atoms with E-state index in [9.17, 15) is 0 Å². The molecule has 1 aromatic carbocycles. The molecule has 0 spiro atoms. The quantitative estimate of drug-likeness (QED) is 0.753. The van der Waals surface area contributed by atoms with Crippen LogP contribution in [0.5, 0.6) is 0 Å². The molecule has 0 amide bonds. The van der Waals surface area contributed by atoms with Crippen LogP contribution in [-0.4, -0.2) is 5.16 Å². The van der Waals surface area contributed by atoms with Gasteiger partial charge in [-0.2, -0.15) is 0 Å². The molecule has 0 bridgehead atoms. The van der Waals surface area contributed by atoms with Gasteiger partial charge in [0.1, 0.15) is 0 Å². The summed E-state index contributed by atoms with van der Waals surface area (Å²) < 4.78 is 5.19. The molecule has 0 fully saturated rings. The summed E-state index contributed by atoms with van der Waals surface area (Å²) in [6.07, 6.45) is 0.879. The van der Waals surface area contributed by atoms with E-state index >= 15 is 0 Å². The topological polar surface area (TPSA) is 26.0 Å². The highest BCUT2D eigenvalue weighted by atomic mass is 35.5. The van der Waals surface area contributed by atoms with E-state index in [1.165, 1.54) is 0 Å². The van der Waals surface area contributed by atoms with Crippen LogP contribution in [0.15, 0.2) is 34.9 Å². The summed E-state index contributed by atoms with van der Waals surface area (Å²) in [4.78, 5) is 0. The maximum Gasteiger partial charge on any atom is 0.167 e. The first-order valence-corrected chi connectivity index (χ1v) is 4.89. The maximum atomic E-state index is 5.87. The first-order chi connectivity index (χ1) is 6.79. The summed E-state index contributed by atoms with van der Waals surface area (Å²) >= 11 is 5.87. The summed E-state index contributed by atoms with van der Waals surface area (Å²) in [6, 6.07) is 9.48. The summed E-state index contributed by atoms with van der Waals surface area (Å²) in [5, 5.41) is 4.63. The van der Waals surface area contributed by atoms with Crippen LogP contribution < -0.4 is 0 Å². The van der Waals surface area contributed by atoms with Gasteiger partial charge in [0, 0.05) is 16.7 Å². The molecule has 0 radical (unpaired) electrons. The predicted molar refractivity (Wildman–Crippen MR) is 56.3 cm³/mol. The summed E-state index contributed by atoms with van der Waals surface area (Å²) in [5.74, 6) is 0.768. The van der Waals surface area contributed by atoms with Crippen molar-refractivity contribution in [2.45, 2.75) is 13.3 Å². The van der Waals surface area contributed by atoms with Crippen molar-refractivity contribution in [3.63, 3.8) is 0 Å². The minimum absolute atomic E-state index is 0.706. The zero-order valence-corrected chi connectivity index (χ0v) is 8.58. The largest absolute Gasteiger partial charge is 0.356 e. The molecule has 0 unspecified atom stereocenters. The third-order valence-electron chi connectivity index (χ3n) is 2.03. The Morgan fingerprint density at radius 2 is 2.21 bits per heavy atom. The Bertz CT molecular complexity index is 436. The number of hydrogen-bond acceptors (Lipinski definition) is 2. The first-order valence-electron chi connectivity index (χ1n) is 4.51. The minimum atomic E-state index is 0.706. The molecule has 0 aliphatic rings. The average Bonchev–Trinajstić information content (AvgIpc) is 2.66. The highest BCUT2D eigenvalue weighted by Gasteiger charge is 2.05. The van der Waals surface area contributed by atoms with Gasteiger partial charge in [-0.05, 0) is 18.6 Å². The molecular weight excluding hydrogens is 198 g/mol. The zero-order chi connectivity index (χ0) is 9.97. The van der Waals surface area contributed by atoms with Crippen LogP contribution in [0.25, 0.3) is 11.3 Å². The van der Waals surface area contributed by atoms with Crippen molar-refractivity contribution in [3.05, 3.63) is 41.0 Å². The Morgan fingerprint density at radius 1 is 1.36 bits per heavy atom. The van der Waals surface area contributed by atoms with Gasteiger partial charge < -0.3 is 4.52 Å². The van der Waals surface area contributed by atoms with Gasteiger partial charge in [-0.3, -0.25) is 0 Å². The highest BCUT2D eigenvalue weighted by molar-refractivity contribution is 6.30. The molecule has 0 saturated carbocycles. The van der Waals surface area contributed by atoms with Crippen LogP contribution in [0.2, 0.25) is 5.02 Å². The second-order valence-electron chi connectivity index (χ2n) is 3.05. The Balaban J connectivity index is 2.39. The third kappa shape index (κ3) is 1.80. The predicted octanol–water partition coefficient (Wildman–Crippen LogP) is 3.56. The van der Waals surface area contributed by atoms with E-state index in [1.54, 1.807) is 0 Å². The van der Waals surface area contributed by atoms with Gasteiger partial charge in [-0.15, -0.1) is 0 Å². The van der Waals surface area contributed by atoms with E-state index in [2.05, 4.69) is 5.16 Å². The molecule has 2 aromatic rings. The summed E-state index contributed by atoms with van der Waals surface area (Å²) in [5.41, 5.74) is 1.92. The maximum absolute atomic E-state index is 5.87. The van der Waals surface area contributed by atoms with Crippen molar-refractivity contribution in [3.8, 4) is 11.3 Å². The standard InChI is InChI=1S/C11H10ClNO/c1-2-10-7-11(14-13-10)8-4-3-5-9(12)6-8/h3-7H,2H2,1H3. The second-order valence-corrected chi connectivity index (χ2v) is 3.48. The fraction of sp³-hybridized carbons (Fsp3) is 0.182. The number of aromatic nitrogens is 1. The summed E-state index contributed by atoms with van der Waals surface area (Å²) in [7, 11) is 0. The Labute approximate surface area is 87.5 Å². The van der Waals surface area contributed by atoms with Gasteiger partial charge >= 0.3 is 0 Å². The first kappa shape index (κ1) is 9.28. The van der Waals surface area contributed by atoms with Gasteiger partial charge in [0.15, 0.2) is 5.76 Å². The van der Waals surface area contributed by atoms with Gasteiger partial charge in [-0.1, -0.05) is 35.8 Å². The molecule has 0 aliphatic heterocycles. The van der Waals surface area contributed by atoms with Crippen molar-refractivity contribution < 1.29 is 4.52 Å². The van der Waals surface area contributed by atoms with Gasteiger partial charge in [0.25, 0.3) is 0 Å². The van der Waals surface area contributed by atoms with Crippen LogP contribution in [0.3, 0.4) is 0 Å². The Morgan fingerprint density at radius 3 is 2.86 bits per heavy atom. The normalized spacial score (nSPS) is 10.4. The van der Waals surface area contributed by atoms with Crippen molar-refractivity contribution in [2.75, 3.05) is 0 Å². The smallest absolute Gasteiger partial charge is 0.167 e. The zero-order valence-electron chi connectivity index (χ0n) is 7.83. The van der Waals surface area contributed by atoms with E-state index in [0.29, 0.717) is 5.02 Å². The lowest BCUT2D eigenvalue weighted by atomic mass is 10.1. The molecule has 0 aliphatic carbocycles. The number of hydrogen-bond donors (Lipinski definition) is 0. The number of rotatable bonds is 2. The molecule has 1 heterocycles. The van der Waals surface area contributed by atoms with Gasteiger partial charge in [-0.25, -0.2) is 0 Å². The molecule has 0 atom stereocenters. The molecule has 2 nitrogen and oxygen atoms in total. The van der Waals surface area contributed by atoms with Crippen molar-refractivity contribution in [1.82, 2.24) is 5.16 Å². The fourth-order valence-electron chi connectivity index (χ4n) is 1.26. The van der Waals surface area contributed by atoms with Crippen molar-refractivity contribution in [2.24, 2.45) is 0 Å². The van der Waals surface area contributed by atoms with E-state index < -0.39 is 0 Å². The summed E-state index contributed by atoms with van der Waals surface area (Å²) in [6.45, 7) is 2.04. The third-order valence-corrected chi connectivity index (χ3v) is 2.27. The highest BCUT2D eigenvalue weighted by Crippen LogP contribution is 2.23. The molecule has 72 valence electrons. The lowest BCUT2D eigenvalue weighted by molar-refractivity contribution is 0.424. The molecular formula is C11H10ClNO. The number of nitrogens with zero attached hydrogens (tertiary/aromatic N) is 1. The van der Waals surface area contributed by atoms with Crippen LogP contribution in [0.4, 0.5) is 0 Å². The molecule has 1 aromatic heterocycles. The molecule has 2 rings (SSSR count). The fourth-order valence-corrected chi connectivity index (χ4v) is 1.45. The van der Waals surface area contributed by atoms with E-state index in [4.69, 9.17) is 16.1 Å². The van der Waals surface area contributed by atoms with Crippen molar-refractivity contribution >= 4 is 11.6 Å². The minimum Gasteiger partial charge on any atom is -0.356 e. The van der Waals surface area contributed by atoms with Crippen LogP contribution in [-0.2, 0) is 6.42 Å². The SMILES string of the molecule is CCc1cc(-c2cccc(Cl)c2)on1. The Kier molecular flexibility index (Phi) is 2.55. The van der Waals surface area contributed by atoms with Crippen LogP contribution >= 0.6 is 11.6 Å². The lowest BCUT2D eigenvalue weighted by Gasteiger charge is -1.94. The molecule has 14 heavy (non-hydrogen) atoms. The molecule has 3 heteroatoms. The van der Waals surface area contributed by atoms with Gasteiger partial charge in [0.2, 0.25) is 0 Å². The molecule has 0 saturated heterocycles. The van der Waals surface area contributed by atoms with E-state index in [-0.39, 0.29) is 0 Å². The van der Waals surface area contributed by atoms with Crippen molar-refractivity contribution in [1.29, 1.82) is 0 Å². The second kappa shape index (κ2) is 3.84. The Hall–Kier alpha value is -1.28. The van der Waals surface area contributed by atoms with Crippen LogP contribution in [0, 0.1) is 0 Å². The average molecular weight is 208 g/mol. The lowest BCUT2D eigenvalue weighted by Crippen LogP contribution is -1.74. The van der Waals surface area contributed by atoms with E-state index in [1.807, 2.05) is 37.3 Å². The number of benzene rings is 1. The van der Waals surface area contributed by atoms with Crippen LogP contribution in [0.1, 0.15) is 12.6 Å². The number of halogens is 1.